The van der Waals surface area contributed by atoms with Crippen molar-refractivity contribution in [2.75, 3.05) is 6.26 Å². The fourth-order valence-electron chi connectivity index (χ4n) is 0.919. The molecule has 0 aromatic heterocycles. The zero-order valence-electron chi connectivity index (χ0n) is 7.44. The SMILES string of the molecule is CS(=O)(=O)c1cc(S(=O)(=O)Cl)ccc1F. The second kappa shape index (κ2) is 3.73. The third kappa shape index (κ3) is 2.90. The lowest BCUT2D eigenvalue weighted by Gasteiger charge is -2.02. The van der Waals surface area contributed by atoms with Gasteiger partial charge in [0.15, 0.2) is 9.84 Å². The predicted molar refractivity (Wildman–Crippen MR) is 52.5 cm³/mol. The summed E-state index contributed by atoms with van der Waals surface area (Å²) in [6.07, 6.45) is 0.774. The van der Waals surface area contributed by atoms with Crippen molar-refractivity contribution in [1.29, 1.82) is 0 Å². The predicted octanol–water partition coefficient (Wildman–Crippen LogP) is 1.16. The van der Waals surface area contributed by atoms with E-state index < -0.39 is 34.5 Å². The average molecular weight is 273 g/mol. The Morgan fingerprint density at radius 1 is 1.20 bits per heavy atom. The van der Waals surface area contributed by atoms with Crippen LogP contribution in [0.25, 0.3) is 0 Å². The molecule has 0 N–H and O–H groups in total. The van der Waals surface area contributed by atoms with Crippen LogP contribution < -0.4 is 0 Å². The summed E-state index contributed by atoms with van der Waals surface area (Å²) < 4.78 is 56.9. The summed E-state index contributed by atoms with van der Waals surface area (Å²) in [5.41, 5.74) is 0. The van der Waals surface area contributed by atoms with Crippen molar-refractivity contribution in [1.82, 2.24) is 0 Å². The molecule has 0 spiro atoms. The highest BCUT2D eigenvalue weighted by Gasteiger charge is 2.18. The first-order valence-electron chi connectivity index (χ1n) is 3.56. The Kier molecular flexibility index (Phi) is 3.09. The molecule has 8 heteroatoms. The van der Waals surface area contributed by atoms with E-state index >= 15 is 0 Å². The molecule has 0 amide bonds. The molecule has 0 atom stereocenters. The third-order valence-electron chi connectivity index (χ3n) is 1.58. The zero-order valence-corrected chi connectivity index (χ0v) is 9.83. The molecule has 0 saturated carbocycles. The van der Waals surface area contributed by atoms with Gasteiger partial charge in [-0.25, -0.2) is 21.2 Å². The molecule has 0 bridgehead atoms. The maximum atomic E-state index is 13.0. The van der Waals surface area contributed by atoms with Crippen molar-refractivity contribution in [2.24, 2.45) is 0 Å². The minimum atomic E-state index is -4.06. The first kappa shape index (κ1) is 12.4. The van der Waals surface area contributed by atoms with Crippen LogP contribution in [0.1, 0.15) is 0 Å². The number of rotatable bonds is 2. The van der Waals surface area contributed by atoms with E-state index in [4.69, 9.17) is 10.7 Å². The minimum Gasteiger partial charge on any atom is -0.224 e. The summed E-state index contributed by atoms with van der Waals surface area (Å²) in [5, 5.41) is 0. The number of sulfone groups is 1. The van der Waals surface area contributed by atoms with Crippen LogP contribution in [0, 0.1) is 5.82 Å². The van der Waals surface area contributed by atoms with Gasteiger partial charge in [-0.3, -0.25) is 0 Å². The Bertz CT molecular complexity index is 591. The summed E-state index contributed by atoms with van der Waals surface area (Å²) in [5.74, 6) is -1.01. The van der Waals surface area contributed by atoms with Gasteiger partial charge in [-0.15, -0.1) is 0 Å². The average Bonchev–Trinajstić information content (AvgIpc) is 2.00. The van der Waals surface area contributed by atoms with Gasteiger partial charge in [0.05, 0.1) is 4.90 Å². The summed E-state index contributed by atoms with van der Waals surface area (Å²) in [6.45, 7) is 0. The van der Waals surface area contributed by atoms with Crippen molar-refractivity contribution < 1.29 is 21.2 Å². The van der Waals surface area contributed by atoms with E-state index in [1.54, 1.807) is 0 Å². The molecule has 0 radical (unpaired) electrons. The second-order valence-electron chi connectivity index (χ2n) is 2.80. The number of hydrogen-bond acceptors (Lipinski definition) is 4. The van der Waals surface area contributed by atoms with E-state index in [-0.39, 0.29) is 0 Å². The Labute approximate surface area is 91.0 Å². The molecular weight excluding hydrogens is 267 g/mol. The Balaban J connectivity index is 3.57. The van der Waals surface area contributed by atoms with Crippen LogP contribution in [-0.2, 0) is 18.9 Å². The highest BCUT2D eigenvalue weighted by molar-refractivity contribution is 8.13. The van der Waals surface area contributed by atoms with Gasteiger partial charge in [-0.2, -0.15) is 0 Å². The molecule has 15 heavy (non-hydrogen) atoms. The first-order chi connectivity index (χ1) is 6.62. The van der Waals surface area contributed by atoms with E-state index in [9.17, 15) is 21.2 Å². The lowest BCUT2D eigenvalue weighted by molar-refractivity contribution is 0.568. The Hall–Kier alpha value is -0.660. The van der Waals surface area contributed by atoms with Crippen LogP contribution in [0.15, 0.2) is 28.0 Å². The van der Waals surface area contributed by atoms with Crippen LogP contribution in [-0.4, -0.2) is 23.1 Å². The number of benzene rings is 1. The molecule has 0 aliphatic rings. The lowest BCUT2D eigenvalue weighted by Crippen LogP contribution is -2.03. The van der Waals surface area contributed by atoms with E-state index in [1.807, 2.05) is 0 Å². The van der Waals surface area contributed by atoms with Crippen molar-refractivity contribution in [3.05, 3.63) is 24.0 Å². The highest BCUT2D eigenvalue weighted by Crippen LogP contribution is 2.21. The summed E-state index contributed by atoms with van der Waals surface area (Å²) in [4.78, 5) is -1.14. The fraction of sp³-hybridized carbons (Fsp3) is 0.143. The largest absolute Gasteiger partial charge is 0.261 e. The summed E-state index contributed by atoms with van der Waals surface area (Å²) >= 11 is 0. The summed E-state index contributed by atoms with van der Waals surface area (Å²) in [6, 6.07) is 2.32. The van der Waals surface area contributed by atoms with Crippen molar-refractivity contribution >= 4 is 29.6 Å². The molecule has 0 aliphatic heterocycles. The molecule has 4 nitrogen and oxygen atoms in total. The normalized spacial score (nSPS) is 12.7. The van der Waals surface area contributed by atoms with E-state index in [1.165, 1.54) is 0 Å². The molecule has 0 saturated heterocycles. The van der Waals surface area contributed by atoms with Gasteiger partial charge in [-0.05, 0) is 18.2 Å². The van der Waals surface area contributed by atoms with Crippen LogP contribution in [0.3, 0.4) is 0 Å². The minimum absolute atomic E-state index is 0.453. The molecule has 0 aliphatic carbocycles. The zero-order chi connectivity index (χ0) is 11.9. The van der Waals surface area contributed by atoms with Crippen LogP contribution in [0.2, 0.25) is 0 Å². The van der Waals surface area contributed by atoms with Gasteiger partial charge in [0.1, 0.15) is 10.7 Å². The van der Waals surface area contributed by atoms with Crippen molar-refractivity contribution in [3.63, 3.8) is 0 Å². The molecular formula is C7H6ClFO4S2. The molecule has 0 unspecified atom stereocenters. The smallest absolute Gasteiger partial charge is 0.224 e. The van der Waals surface area contributed by atoms with Gasteiger partial charge in [0.2, 0.25) is 0 Å². The molecule has 1 aromatic rings. The van der Waals surface area contributed by atoms with E-state index in [0.717, 1.165) is 18.4 Å². The molecule has 0 fully saturated rings. The van der Waals surface area contributed by atoms with Gasteiger partial charge < -0.3 is 0 Å². The molecule has 1 aromatic carbocycles. The third-order valence-corrected chi connectivity index (χ3v) is 4.05. The van der Waals surface area contributed by atoms with E-state index in [2.05, 4.69) is 0 Å². The van der Waals surface area contributed by atoms with Crippen LogP contribution >= 0.6 is 10.7 Å². The fourth-order valence-corrected chi connectivity index (χ4v) is 2.53. The first-order valence-corrected chi connectivity index (χ1v) is 7.77. The van der Waals surface area contributed by atoms with Gasteiger partial charge in [-0.1, -0.05) is 0 Å². The van der Waals surface area contributed by atoms with Gasteiger partial charge in [0, 0.05) is 16.9 Å². The highest BCUT2D eigenvalue weighted by atomic mass is 35.7. The quantitative estimate of drug-likeness (QED) is 0.758. The topological polar surface area (TPSA) is 68.3 Å². The standard InChI is InChI=1S/C7H6ClFO4S2/c1-14(10,11)7-4-5(15(8,12)13)2-3-6(7)9/h2-4H,1H3. The molecule has 84 valence electrons. The number of halogens is 2. The van der Waals surface area contributed by atoms with Crippen LogP contribution in [0.5, 0.6) is 0 Å². The molecule has 1 rings (SSSR count). The van der Waals surface area contributed by atoms with Crippen molar-refractivity contribution in [2.45, 2.75) is 9.79 Å². The van der Waals surface area contributed by atoms with Crippen LogP contribution in [0.4, 0.5) is 4.39 Å². The van der Waals surface area contributed by atoms with Gasteiger partial charge in [0.25, 0.3) is 9.05 Å². The van der Waals surface area contributed by atoms with Crippen molar-refractivity contribution in [3.8, 4) is 0 Å². The Morgan fingerprint density at radius 2 is 1.73 bits per heavy atom. The summed E-state index contributed by atoms with van der Waals surface area (Å²) in [7, 11) is -2.89. The Morgan fingerprint density at radius 3 is 2.13 bits per heavy atom. The monoisotopic (exact) mass is 272 g/mol. The maximum Gasteiger partial charge on any atom is 0.261 e. The maximum absolute atomic E-state index is 13.0. The van der Waals surface area contributed by atoms with E-state index in [0.29, 0.717) is 6.07 Å². The number of hydrogen-bond donors (Lipinski definition) is 0. The van der Waals surface area contributed by atoms with Gasteiger partial charge >= 0.3 is 0 Å². The second-order valence-corrected chi connectivity index (χ2v) is 7.35. The lowest BCUT2D eigenvalue weighted by atomic mass is 10.3. The molecule has 0 heterocycles.